The summed E-state index contributed by atoms with van der Waals surface area (Å²) in [5, 5.41) is 2.44. The number of pyridine rings is 1. The number of hydrogen-bond donors (Lipinski definition) is 2. The van der Waals surface area contributed by atoms with Gasteiger partial charge in [0.2, 0.25) is 0 Å². The van der Waals surface area contributed by atoms with Crippen LogP contribution in [0.25, 0.3) is 0 Å². The molecule has 0 saturated carbocycles. The van der Waals surface area contributed by atoms with Gasteiger partial charge in [-0.15, -0.1) is 0 Å². The molecule has 0 fully saturated rings. The van der Waals surface area contributed by atoms with Crippen LogP contribution >= 0.6 is 0 Å². The number of amides is 2. The molecular formula is C13H10FN3O2. The Hall–Kier alpha value is -2.76. The second kappa shape index (κ2) is 5.26. The number of hydrogen-bond acceptors (Lipinski definition) is 3. The maximum absolute atomic E-state index is 13.4. The van der Waals surface area contributed by atoms with Gasteiger partial charge in [-0.3, -0.25) is 14.6 Å². The predicted octanol–water partition coefficient (Wildman–Crippen LogP) is 1.57. The number of anilines is 1. The van der Waals surface area contributed by atoms with Gasteiger partial charge < -0.3 is 11.1 Å². The van der Waals surface area contributed by atoms with E-state index in [-0.39, 0.29) is 16.8 Å². The molecule has 0 unspecified atom stereocenters. The Labute approximate surface area is 108 Å². The first kappa shape index (κ1) is 12.7. The highest BCUT2D eigenvalue weighted by atomic mass is 19.1. The lowest BCUT2D eigenvalue weighted by Crippen LogP contribution is -2.19. The van der Waals surface area contributed by atoms with Crippen molar-refractivity contribution in [3.8, 4) is 0 Å². The van der Waals surface area contributed by atoms with E-state index < -0.39 is 17.6 Å². The molecule has 0 spiro atoms. The lowest BCUT2D eigenvalue weighted by Gasteiger charge is -2.08. The second-order valence-corrected chi connectivity index (χ2v) is 3.72. The van der Waals surface area contributed by atoms with Crippen LogP contribution in [0.2, 0.25) is 0 Å². The molecule has 1 heterocycles. The molecule has 5 nitrogen and oxygen atoms in total. The van der Waals surface area contributed by atoms with Gasteiger partial charge in [0.05, 0.1) is 23.0 Å². The average molecular weight is 259 g/mol. The molecule has 0 saturated heterocycles. The van der Waals surface area contributed by atoms with Crippen molar-refractivity contribution in [2.45, 2.75) is 0 Å². The fourth-order valence-corrected chi connectivity index (χ4v) is 1.56. The van der Waals surface area contributed by atoms with Crippen LogP contribution in [0, 0.1) is 5.82 Å². The maximum Gasteiger partial charge on any atom is 0.258 e. The summed E-state index contributed by atoms with van der Waals surface area (Å²) < 4.78 is 13.4. The van der Waals surface area contributed by atoms with E-state index in [0.717, 1.165) is 6.20 Å². The molecule has 3 N–H and O–H groups in total. The van der Waals surface area contributed by atoms with E-state index in [1.807, 2.05) is 0 Å². The Morgan fingerprint density at radius 2 is 1.89 bits per heavy atom. The fourth-order valence-electron chi connectivity index (χ4n) is 1.56. The van der Waals surface area contributed by atoms with E-state index in [4.69, 9.17) is 5.73 Å². The summed E-state index contributed by atoms with van der Waals surface area (Å²) in [4.78, 5) is 26.6. The van der Waals surface area contributed by atoms with Gasteiger partial charge in [0, 0.05) is 6.20 Å². The highest BCUT2D eigenvalue weighted by Gasteiger charge is 2.14. The topological polar surface area (TPSA) is 85.1 Å². The minimum atomic E-state index is -0.739. The van der Waals surface area contributed by atoms with Gasteiger partial charge in [-0.1, -0.05) is 12.1 Å². The van der Waals surface area contributed by atoms with Crippen molar-refractivity contribution in [1.29, 1.82) is 0 Å². The Bertz CT molecular complexity index is 643. The van der Waals surface area contributed by atoms with Crippen LogP contribution in [-0.4, -0.2) is 16.8 Å². The van der Waals surface area contributed by atoms with Gasteiger partial charge in [0.15, 0.2) is 5.82 Å². The largest absolute Gasteiger partial charge is 0.366 e. The molecule has 0 bridgehead atoms. The standard InChI is InChI=1S/C13H10FN3O2/c14-10-7-16-6-5-8(10)13(19)17-11-4-2-1-3-9(11)12(15)18/h1-7H,(H2,15,18)(H,17,19). The first-order valence-corrected chi connectivity index (χ1v) is 5.39. The second-order valence-electron chi connectivity index (χ2n) is 3.72. The van der Waals surface area contributed by atoms with Crippen LogP contribution in [-0.2, 0) is 0 Å². The normalized spacial score (nSPS) is 9.95. The summed E-state index contributed by atoms with van der Waals surface area (Å²) >= 11 is 0. The first-order chi connectivity index (χ1) is 9.09. The molecule has 1 aromatic heterocycles. The third-order valence-corrected chi connectivity index (χ3v) is 2.46. The Kier molecular flexibility index (Phi) is 3.51. The van der Waals surface area contributed by atoms with Crippen LogP contribution in [0.15, 0.2) is 42.7 Å². The molecule has 2 rings (SSSR count). The van der Waals surface area contributed by atoms with E-state index >= 15 is 0 Å². The number of carbonyl (C=O) groups is 2. The van der Waals surface area contributed by atoms with Crippen LogP contribution in [0.3, 0.4) is 0 Å². The van der Waals surface area contributed by atoms with E-state index in [2.05, 4.69) is 10.3 Å². The van der Waals surface area contributed by atoms with E-state index in [1.165, 1.54) is 24.4 Å². The van der Waals surface area contributed by atoms with E-state index in [0.29, 0.717) is 0 Å². The van der Waals surface area contributed by atoms with Gasteiger partial charge in [0.1, 0.15) is 0 Å². The van der Waals surface area contributed by atoms with Crippen molar-refractivity contribution in [2.24, 2.45) is 5.73 Å². The molecule has 96 valence electrons. The van der Waals surface area contributed by atoms with Crippen LogP contribution in [0.4, 0.5) is 10.1 Å². The maximum atomic E-state index is 13.4. The molecule has 0 radical (unpaired) electrons. The number of para-hydroxylation sites is 1. The molecule has 2 aromatic rings. The third-order valence-electron chi connectivity index (χ3n) is 2.46. The predicted molar refractivity (Wildman–Crippen MR) is 67.1 cm³/mol. The number of nitrogens with zero attached hydrogens (tertiary/aromatic N) is 1. The highest BCUT2D eigenvalue weighted by molar-refractivity contribution is 6.08. The summed E-state index contributed by atoms with van der Waals surface area (Å²) in [6.45, 7) is 0. The monoisotopic (exact) mass is 259 g/mol. The molecule has 0 atom stereocenters. The number of rotatable bonds is 3. The fraction of sp³-hybridized carbons (Fsp3) is 0. The Balaban J connectivity index is 2.30. The molecule has 0 aliphatic rings. The summed E-state index contributed by atoms with van der Waals surface area (Å²) in [5.41, 5.74) is 5.42. The van der Waals surface area contributed by atoms with Gasteiger partial charge in [-0.25, -0.2) is 4.39 Å². The smallest absolute Gasteiger partial charge is 0.258 e. The molecule has 19 heavy (non-hydrogen) atoms. The minimum absolute atomic E-state index is 0.158. The number of aromatic nitrogens is 1. The lowest BCUT2D eigenvalue weighted by molar-refractivity contribution is 0.100. The number of halogens is 1. The number of carbonyl (C=O) groups excluding carboxylic acids is 2. The molecule has 2 amide bonds. The van der Waals surface area contributed by atoms with Crippen molar-refractivity contribution in [2.75, 3.05) is 5.32 Å². The Morgan fingerprint density at radius 1 is 1.16 bits per heavy atom. The summed E-state index contributed by atoms with van der Waals surface area (Å²) in [6, 6.07) is 7.48. The van der Waals surface area contributed by atoms with Crippen LogP contribution < -0.4 is 11.1 Å². The van der Waals surface area contributed by atoms with Gasteiger partial charge >= 0.3 is 0 Å². The van der Waals surface area contributed by atoms with Crippen molar-refractivity contribution in [1.82, 2.24) is 4.98 Å². The van der Waals surface area contributed by atoms with Crippen molar-refractivity contribution in [3.05, 3.63) is 59.7 Å². The zero-order chi connectivity index (χ0) is 13.8. The van der Waals surface area contributed by atoms with Crippen molar-refractivity contribution in [3.63, 3.8) is 0 Å². The Morgan fingerprint density at radius 3 is 2.58 bits per heavy atom. The zero-order valence-electron chi connectivity index (χ0n) is 9.76. The van der Waals surface area contributed by atoms with Gasteiger partial charge in [-0.05, 0) is 18.2 Å². The quantitative estimate of drug-likeness (QED) is 0.877. The summed E-state index contributed by atoms with van der Waals surface area (Å²) in [5.74, 6) is -2.09. The molecule has 1 aromatic carbocycles. The third kappa shape index (κ3) is 2.74. The molecule has 6 heteroatoms. The summed E-state index contributed by atoms with van der Waals surface area (Å²) in [7, 11) is 0. The molecular weight excluding hydrogens is 249 g/mol. The number of nitrogens with one attached hydrogen (secondary N) is 1. The minimum Gasteiger partial charge on any atom is -0.366 e. The molecule has 0 aliphatic carbocycles. The van der Waals surface area contributed by atoms with Crippen LogP contribution in [0.1, 0.15) is 20.7 Å². The van der Waals surface area contributed by atoms with Crippen molar-refractivity contribution >= 4 is 17.5 Å². The van der Waals surface area contributed by atoms with Crippen LogP contribution in [0.5, 0.6) is 0 Å². The summed E-state index contributed by atoms with van der Waals surface area (Å²) in [6.07, 6.45) is 2.24. The van der Waals surface area contributed by atoms with Crippen molar-refractivity contribution < 1.29 is 14.0 Å². The SMILES string of the molecule is NC(=O)c1ccccc1NC(=O)c1ccncc1F. The van der Waals surface area contributed by atoms with Gasteiger partial charge in [-0.2, -0.15) is 0 Å². The average Bonchev–Trinajstić information content (AvgIpc) is 2.39. The first-order valence-electron chi connectivity index (χ1n) is 5.39. The van der Waals surface area contributed by atoms with Gasteiger partial charge in [0.25, 0.3) is 11.8 Å². The zero-order valence-corrected chi connectivity index (χ0v) is 9.76. The lowest BCUT2D eigenvalue weighted by atomic mass is 10.1. The van der Waals surface area contributed by atoms with E-state index in [9.17, 15) is 14.0 Å². The molecule has 0 aliphatic heterocycles. The number of benzene rings is 1. The number of nitrogens with two attached hydrogens (primary N) is 1. The highest BCUT2D eigenvalue weighted by Crippen LogP contribution is 2.16. The van der Waals surface area contributed by atoms with E-state index in [1.54, 1.807) is 12.1 Å². The number of primary amides is 1.